The maximum absolute atomic E-state index is 9.83. The van der Waals surface area contributed by atoms with Crippen LogP contribution in [0.2, 0.25) is 0 Å². The summed E-state index contributed by atoms with van der Waals surface area (Å²) in [6.07, 6.45) is 13.8. The summed E-state index contributed by atoms with van der Waals surface area (Å²) in [5.74, 6) is 2.98. The van der Waals surface area contributed by atoms with E-state index in [9.17, 15) is 5.26 Å². The van der Waals surface area contributed by atoms with Crippen molar-refractivity contribution in [3.05, 3.63) is 0 Å². The Balaban J connectivity index is 1.74. The predicted molar refractivity (Wildman–Crippen MR) is 67.1 cm³/mol. The van der Waals surface area contributed by atoms with E-state index in [0.717, 1.165) is 17.8 Å². The summed E-state index contributed by atoms with van der Waals surface area (Å²) < 4.78 is 0. The van der Waals surface area contributed by atoms with E-state index in [2.05, 4.69) is 6.07 Å². The first-order valence-electron chi connectivity index (χ1n) is 7.67. The first kappa shape index (κ1) is 10.4. The van der Waals surface area contributed by atoms with Gasteiger partial charge in [-0.2, -0.15) is 5.26 Å². The molecule has 0 aliphatic heterocycles. The van der Waals surface area contributed by atoms with Crippen LogP contribution in [0.4, 0.5) is 0 Å². The molecule has 0 unspecified atom stereocenters. The van der Waals surface area contributed by atoms with Gasteiger partial charge in [0, 0.05) is 0 Å². The molecule has 92 valence electrons. The van der Waals surface area contributed by atoms with Crippen molar-refractivity contribution in [1.82, 2.24) is 0 Å². The van der Waals surface area contributed by atoms with Crippen LogP contribution in [0.3, 0.4) is 0 Å². The molecule has 5 rings (SSSR count). The smallest absolute Gasteiger partial charge is 0.0695 e. The Labute approximate surface area is 105 Å². The first-order chi connectivity index (χ1) is 8.25. The fourth-order valence-corrected chi connectivity index (χ4v) is 6.44. The Morgan fingerprint density at radius 1 is 0.824 bits per heavy atom. The maximum Gasteiger partial charge on any atom is 0.0695 e. The lowest BCUT2D eigenvalue weighted by molar-refractivity contribution is -0.109. The first-order valence-corrected chi connectivity index (χ1v) is 7.67. The van der Waals surface area contributed by atoms with Gasteiger partial charge in [0.1, 0.15) is 0 Å². The third kappa shape index (κ3) is 1.25. The van der Waals surface area contributed by atoms with Gasteiger partial charge in [0.15, 0.2) is 0 Å². The minimum absolute atomic E-state index is 0.100. The van der Waals surface area contributed by atoms with Crippen LogP contribution in [-0.2, 0) is 0 Å². The van der Waals surface area contributed by atoms with Crippen LogP contribution in [0.1, 0.15) is 64.2 Å². The molecule has 5 aliphatic carbocycles. The molecule has 0 aromatic rings. The highest BCUT2D eigenvalue weighted by molar-refractivity contribution is 5.17. The van der Waals surface area contributed by atoms with Gasteiger partial charge in [0.2, 0.25) is 0 Å². The fraction of sp³-hybridized carbons (Fsp3) is 0.938. The molecule has 0 N–H and O–H groups in total. The van der Waals surface area contributed by atoms with Crippen LogP contribution in [0, 0.1) is 39.9 Å². The van der Waals surface area contributed by atoms with E-state index in [1.54, 1.807) is 0 Å². The molecule has 0 radical (unpaired) electrons. The summed E-state index contributed by atoms with van der Waals surface area (Å²) in [4.78, 5) is 0. The Kier molecular flexibility index (Phi) is 2.01. The quantitative estimate of drug-likeness (QED) is 0.658. The van der Waals surface area contributed by atoms with Crippen molar-refractivity contribution in [2.24, 2.45) is 28.6 Å². The molecule has 1 heteroatoms. The third-order valence-electron chi connectivity index (χ3n) is 6.72. The highest BCUT2D eigenvalue weighted by Gasteiger charge is 2.61. The summed E-state index contributed by atoms with van der Waals surface area (Å²) in [5.41, 5.74) is 0.565. The molecule has 0 amide bonds. The second kappa shape index (κ2) is 3.28. The number of hydrogen-bond acceptors (Lipinski definition) is 1. The van der Waals surface area contributed by atoms with E-state index < -0.39 is 0 Å². The fourth-order valence-electron chi connectivity index (χ4n) is 6.44. The zero-order valence-corrected chi connectivity index (χ0v) is 10.8. The molecule has 0 aromatic heterocycles. The van der Waals surface area contributed by atoms with Crippen molar-refractivity contribution in [2.45, 2.75) is 64.2 Å². The van der Waals surface area contributed by atoms with Gasteiger partial charge in [-0.15, -0.1) is 0 Å². The number of hydrogen-bond donors (Lipinski definition) is 0. The standard InChI is InChI=1S/C16H23N/c17-11-15(3-1-2-4-15)16-8-12-5-13(9-16)7-14(6-12)10-16/h12-14H,1-10H2. The van der Waals surface area contributed by atoms with Crippen LogP contribution in [0.25, 0.3) is 0 Å². The average molecular weight is 229 g/mol. The molecule has 5 fully saturated rings. The summed E-state index contributed by atoms with van der Waals surface area (Å²) in [6.45, 7) is 0. The molecular weight excluding hydrogens is 206 g/mol. The molecule has 4 bridgehead atoms. The highest BCUT2D eigenvalue weighted by Crippen LogP contribution is 2.69. The zero-order valence-electron chi connectivity index (χ0n) is 10.8. The van der Waals surface area contributed by atoms with Crippen LogP contribution < -0.4 is 0 Å². The van der Waals surface area contributed by atoms with Gasteiger partial charge in [-0.05, 0) is 74.5 Å². The highest BCUT2D eigenvalue weighted by atomic mass is 14.6. The summed E-state index contributed by atoms with van der Waals surface area (Å²) in [7, 11) is 0. The topological polar surface area (TPSA) is 23.8 Å². The van der Waals surface area contributed by atoms with E-state index in [1.807, 2.05) is 0 Å². The molecular formula is C16H23N. The molecule has 17 heavy (non-hydrogen) atoms. The molecule has 0 aromatic carbocycles. The summed E-state index contributed by atoms with van der Waals surface area (Å²) in [6, 6.07) is 2.83. The molecule has 0 saturated heterocycles. The monoisotopic (exact) mass is 229 g/mol. The molecule has 5 aliphatic rings. The van der Waals surface area contributed by atoms with Crippen LogP contribution in [-0.4, -0.2) is 0 Å². The van der Waals surface area contributed by atoms with Crippen molar-refractivity contribution >= 4 is 0 Å². The second-order valence-corrected chi connectivity index (χ2v) is 7.60. The van der Waals surface area contributed by atoms with Gasteiger partial charge >= 0.3 is 0 Å². The Hall–Kier alpha value is -0.510. The number of rotatable bonds is 1. The SMILES string of the molecule is N#CC1(C23CC4CC(CC(C4)C2)C3)CCCC1. The Morgan fingerprint density at radius 3 is 1.71 bits per heavy atom. The second-order valence-electron chi connectivity index (χ2n) is 7.60. The van der Waals surface area contributed by atoms with Crippen LogP contribution >= 0.6 is 0 Å². The van der Waals surface area contributed by atoms with Crippen molar-refractivity contribution < 1.29 is 0 Å². The summed E-state index contributed by atoms with van der Waals surface area (Å²) in [5, 5.41) is 9.83. The van der Waals surface area contributed by atoms with E-state index >= 15 is 0 Å². The number of nitrogens with zero attached hydrogens (tertiary/aromatic N) is 1. The Bertz CT molecular complexity index is 334. The molecule has 0 atom stereocenters. The average Bonchev–Trinajstić information content (AvgIpc) is 2.77. The van der Waals surface area contributed by atoms with E-state index in [4.69, 9.17) is 0 Å². The van der Waals surface area contributed by atoms with E-state index in [-0.39, 0.29) is 5.41 Å². The zero-order chi connectivity index (χ0) is 11.5. The van der Waals surface area contributed by atoms with Crippen molar-refractivity contribution in [1.29, 1.82) is 5.26 Å². The minimum atomic E-state index is 0.100. The van der Waals surface area contributed by atoms with E-state index in [1.165, 1.54) is 64.2 Å². The normalized spacial score (nSPS) is 50.4. The van der Waals surface area contributed by atoms with Gasteiger partial charge in [-0.3, -0.25) is 0 Å². The number of nitriles is 1. The Morgan fingerprint density at radius 2 is 1.29 bits per heavy atom. The van der Waals surface area contributed by atoms with Gasteiger partial charge < -0.3 is 0 Å². The molecule has 0 heterocycles. The molecule has 0 spiro atoms. The van der Waals surface area contributed by atoms with Crippen molar-refractivity contribution in [3.63, 3.8) is 0 Å². The van der Waals surface area contributed by atoms with Gasteiger partial charge in [-0.1, -0.05) is 12.8 Å². The van der Waals surface area contributed by atoms with Crippen LogP contribution in [0.5, 0.6) is 0 Å². The lowest BCUT2D eigenvalue weighted by atomic mass is 9.42. The van der Waals surface area contributed by atoms with Gasteiger partial charge in [0.25, 0.3) is 0 Å². The van der Waals surface area contributed by atoms with Gasteiger partial charge in [-0.25, -0.2) is 0 Å². The maximum atomic E-state index is 9.83. The minimum Gasteiger partial charge on any atom is -0.198 e. The lowest BCUT2D eigenvalue weighted by Gasteiger charge is -2.61. The third-order valence-corrected chi connectivity index (χ3v) is 6.72. The van der Waals surface area contributed by atoms with Crippen molar-refractivity contribution in [3.8, 4) is 6.07 Å². The molecule has 1 nitrogen and oxygen atoms in total. The predicted octanol–water partition coefficient (Wildman–Crippen LogP) is 4.29. The van der Waals surface area contributed by atoms with E-state index in [0.29, 0.717) is 5.41 Å². The molecule has 5 saturated carbocycles. The van der Waals surface area contributed by atoms with Crippen molar-refractivity contribution in [2.75, 3.05) is 0 Å². The van der Waals surface area contributed by atoms with Gasteiger partial charge in [0.05, 0.1) is 11.5 Å². The van der Waals surface area contributed by atoms with Crippen LogP contribution in [0.15, 0.2) is 0 Å². The summed E-state index contributed by atoms with van der Waals surface area (Å²) >= 11 is 0. The lowest BCUT2D eigenvalue weighted by Crippen LogP contribution is -2.53. The largest absolute Gasteiger partial charge is 0.198 e.